The van der Waals surface area contributed by atoms with E-state index in [9.17, 15) is 4.79 Å². The summed E-state index contributed by atoms with van der Waals surface area (Å²) in [5.74, 6) is 1.52. The number of hydrogen-bond acceptors (Lipinski definition) is 6. The number of nitrogens with one attached hydrogen (secondary N) is 1. The van der Waals surface area contributed by atoms with Crippen LogP contribution in [0.1, 0.15) is 11.3 Å². The Labute approximate surface area is 152 Å². The molecule has 3 aromatic rings. The normalized spacial score (nSPS) is 10.6. The Morgan fingerprint density at radius 3 is 2.62 bits per heavy atom. The first kappa shape index (κ1) is 17.6. The second-order valence-corrected chi connectivity index (χ2v) is 6.33. The number of ketones is 1. The van der Waals surface area contributed by atoms with Gasteiger partial charge in [-0.3, -0.25) is 9.48 Å². The molecule has 0 spiro atoms. The number of Topliss-reactive ketones (excluding diaryl/α,β-unsaturated/α-hetero) is 1. The van der Waals surface area contributed by atoms with E-state index in [1.54, 1.807) is 17.1 Å². The topological polar surface area (TPSA) is 75.9 Å². The van der Waals surface area contributed by atoms with Crippen molar-refractivity contribution >= 4 is 23.2 Å². The molecule has 0 radical (unpaired) electrons. The SMILES string of the molecule is Cc1cc(N(C)C)nc(Nc2ccc(CC(=O)Cn3cccn3)cc2)n1. The van der Waals surface area contributed by atoms with E-state index in [0.29, 0.717) is 12.4 Å². The zero-order valence-electron chi connectivity index (χ0n) is 15.2. The number of aryl methyl sites for hydroxylation is 1. The van der Waals surface area contributed by atoms with Crippen LogP contribution >= 0.6 is 0 Å². The van der Waals surface area contributed by atoms with E-state index < -0.39 is 0 Å². The van der Waals surface area contributed by atoms with Crippen LogP contribution in [0, 0.1) is 6.92 Å². The van der Waals surface area contributed by atoms with Gasteiger partial charge >= 0.3 is 0 Å². The summed E-state index contributed by atoms with van der Waals surface area (Å²) in [5, 5.41) is 7.26. The highest BCUT2D eigenvalue weighted by Gasteiger charge is 2.07. The van der Waals surface area contributed by atoms with Crippen LogP contribution in [0.4, 0.5) is 17.5 Å². The van der Waals surface area contributed by atoms with Crippen LogP contribution in [-0.2, 0) is 17.8 Å². The van der Waals surface area contributed by atoms with E-state index in [0.717, 1.165) is 22.8 Å². The third-order valence-corrected chi connectivity index (χ3v) is 3.81. The molecule has 26 heavy (non-hydrogen) atoms. The number of benzene rings is 1. The molecule has 0 atom stereocenters. The van der Waals surface area contributed by atoms with Gasteiger partial charge in [-0.05, 0) is 30.7 Å². The first-order valence-electron chi connectivity index (χ1n) is 8.38. The molecular formula is C19H22N6O. The maximum absolute atomic E-state index is 12.1. The molecule has 0 saturated heterocycles. The molecule has 0 unspecified atom stereocenters. The van der Waals surface area contributed by atoms with E-state index >= 15 is 0 Å². The molecule has 7 heteroatoms. The lowest BCUT2D eigenvalue weighted by atomic mass is 10.1. The summed E-state index contributed by atoms with van der Waals surface area (Å²) in [4.78, 5) is 22.9. The molecule has 2 heterocycles. The number of carbonyl (C=O) groups excluding carboxylic acids is 1. The van der Waals surface area contributed by atoms with Crippen molar-refractivity contribution in [3.63, 3.8) is 0 Å². The summed E-state index contributed by atoms with van der Waals surface area (Å²) in [6.45, 7) is 2.23. The van der Waals surface area contributed by atoms with Crippen molar-refractivity contribution in [3.05, 3.63) is 60.0 Å². The van der Waals surface area contributed by atoms with Gasteiger partial charge < -0.3 is 10.2 Å². The van der Waals surface area contributed by atoms with Crippen molar-refractivity contribution in [1.29, 1.82) is 0 Å². The van der Waals surface area contributed by atoms with Crippen molar-refractivity contribution in [2.24, 2.45) is 0 Å². The number of anilines is 3. The van der Waals surface area contributed by atoms with Crippen LogP contribution in [-0.4, -0.2) is 39.6 Å². The van der Waals surface area contributed by atoms with Crippen molar-refractivity contribution in [2.75, 3.05) is 24.3 Å². The van der Waals surface area contributed by atoms with Gasteiger partial charge in [-0.1, -0.05) is 12.1 Å². The molecule has 1 N–H and O–H groups in total. The zero-order valence-corrected chi connectivity index (χ0v) is 15.2. The van der Waals surface area contributed by atoms with Gasteiger partial charge in [-0.25, -0.2) is 4.98 Å². The fourth-order valence-electron chi connectivity index (χ4n) is 2.53. The van der Waals surface area contributed by atoms with Gasteiger partial charge in [0.1, 0.15) is 5.82 Å². The molecule has 2 aromatic heterocycles. The highest BCUT2D eigenvalue weighted by molar-refractivity contribution is 5.80. The average molecular weight is 350 g/mol. The molecule has 1 aromatic carbocycles. The van der Waals surface area contributed by atoms with Crippen molar-refractivity contribution in [1.82, 2.24) is 19.7 Å². The van der Waals surface area contributed by atoms with E-state index in [1.165, 1.54) is 0 Å². The fraction of sp³-hybridized carbons (Fsp3) is 0.263. The number of hydrogen-bond donors (Lipinski definition) is 1. The first-order valence-corrected chi connectivity index (χ1v) is 8.38. The van der Waals surface area contributed by atoms with E-state index in [1.807, 2.05) is 62.3 Å². The average Bonchev–Trinajstić information content (AvgIpc) is 3.09. The minimum absolute atomic E-state index is 0.118. The van der Waals surface area contributed by atoms with Gasteiger partial charge in [0, 0.05) is 50.4 Å². The second kappa shape index (κ2) is 7.77. The largest absolute Gasteiger partial charge is 0.363 e. The maximum atomic E-state index is 12.1. The summed E-state index contributed by atoms with van der Waals surface area (Å²) in [6.07, 6.45) is 3.84. The molecule has 0 fully saturated rings. The zero-order chi connectivity index (χ0) is 18.5. The molecular weight excluding hydrogens is 328 g/mol. The van der Waals surface area contributed by atoms with Crippen LogP contribution < -0.4 is 10.2 Å². The Balaban J connectivity index is 1.63. The molecule has 0 aliphatic heterocycles. The predicted molar refractivity (Wildman–Crippen MR) is 102 cm³/mol. The summed E-state index contributed by atoms with van der Waals surface area (Å²) >= 11 is 0. The molecule has 3 rings (SSSR count). The minimum Gasteiger partial charge on any atom is -0.363 e. The molecule has 0 amide bonds. The molecule has 0 bridgehead atoms. The number of aromatic nitrogens is 4. The lowest BCUT2D eigenvalue weighted by Crippen LogP contribution is -2.13. The Kier molecular flexibility index (Phi) is 5.26. The van der Waals surface area contributed by atoms with Gasteiger partial charge in [0.25, 0.3) is 0 Å². The van der Waals surface area contributed by atoms with Crippen LogP contribution in [0.5, 0.6) is 0 Å². The van der Waals surface area contributed by atoms with E-state index in [-0.39, 0.29) is 12.3 Å². The number of carbonyl (C=O) groups is 1. The quantitative estimate of drug-likeness (QED) is 0.706. The third-order valence-electron chi connectivity index (χ3n) is 3.81. The van der Waals surface area contributed by atoms with Crippen LogP contribution in [0.15, 0.2) is 48.8 Å². The van der Waals surface area contributed by atoms with Gasteiger partial charge in [-0.2, -0.15) is 10.1 Å². The first-order chi connectivity index (χ1) is 12.5. The summed E-state index contributed by atoms with van der Waals surface area (Å²) in [6, 6.07) is 11.5. The highest BCUT2D eigenvalue weighted by atomic mass is 16.1. The van der Waals surface area contributed by atoms with Gasteiger partial charge in [0.15, 0.2) is 5.78 Å². The number of nitrogens with zero attached hydrogens (tertiary/aromatic N) is 5. The van der Waals surface area contributed by atoms with Gasteiger partial charge in [0.2, 0.25) is 5.95 Å². The molecule has 7 nitrogen and oxygen atoms in total. The minimum atomic E-state index is 0.118. The summed E-state index contributed by atoms with van der Waals surface area (Å²) < 4.78 is 1.63. The van der Waals surface area contributed by atoms with Crippen LogP contribution in [0.3, 0.4) is 0 Å². The van der Waals surface area contributed by atoms with Crippen molar-refractivity contribution < 1.29 is 4.79 Å². The standard InChI is InChI=1S/C19H22N6O/c1-14-11-18(24(2)3)23-19(21-14)22-16-7-5-15(6-8-16)12-17(26)13-25-10-4-9-20-25/h4-11H,12-13H2,1-3H3,(H,21,22,23). The van der Waals surface area contributed by atoms with Crippen LogP contribution in [0.25, 0.3) is 0 Å². The van der Waals surface area contributed by atoms with Gasteiger partial charge in [0.05, 0.1) is 6.54 Å². The van der Waals surface area contributed by atoms with Crippen LogP contribution in [0.2, 0.25) is 0 Å². The Morgan fingerprint density at radius 1 is 1.19 bits per heavy atom. The van der Waals surface area contributed by atoms with E-state index in [4.69, 9.17) is 0 Å². The molecule has 0 saturated carbocycles. The Bertz CT molecular complexity index is 872. The monoisotopic (exact) mass is 350 g/mol. The summed E-state index contributed by atoms with van der Waals surface area (Å²) in [7, 11) is 3.89. The smallest absolute Gasteiger partial charge is 0.229 e. The lowest BCUT2D eigenvalue weighted by molar-refractivity contribution is -0.119. The Hall–Kier alpha value is -3.22. The van der Waals surface area contributed by atoms with E-state index in [2.05, 4.69) is 20.4 Å². The lowest BCUT2D eigenvalue weighted by Gasteiger charge is -2.14. The second-order valence-electron chi connectivity index (χ2n) is 6.33. The summed E-state index contributed by atoms with van der Waals surface area (Å²) in [5.41, 5.74) is 2.74. The predicted octanol–water partition coefficient (Wildman–Crippen LogP) is 2.60. The molecule has 0 aliphatic carbocycles. The maximum Gasteiger partial charge on any atom is 0.229 e. The van der Waals surface area contributed by atoms with Crippen molar-refractivity contribution in [3.8, 4) is 0 Å². The third kappa shape index (κ3) is 4.66. The highest BCUT2D eigenvalue weighted by Crippen LogP contribution is 2.18. The number of rotatable bonds is 7. The van der Waals surface area contributed by atoms with Gasteiger partial charge in [-0.15, -0.1) is 0 Å². The fourth-order valence-corrected chi connectivity index (χ4v) is 2.53. The Morgan fingerprint density at radius 2 is 1.96 bits per heavy atom. The molecule has 0 aliphatic rings. The van der Waals surface area contributed by atoms with Crippen molar-refractivity contribution in [2.45, 2.75) is 19.9 Å². The molecule has 134 valence electrons.